The molecule has 1 aromatic carbocycles. The van der Waals surface area contributed by atoms with Crippen molar-refractivity contribution >= 4 is 34.9 Å². The molecule has 6 heteroatoms. The van der Waals surface area contributed by atoms with Crippen LogP contribution < -0.4 is 5.73 Å². The van der Waals surface area contributed by atoms with E-state index in [4.69, 9.17) is 5.73 Å². The van der Waals surface area contributed by atoms with Crippen molar-refractivity contribution in [3.8, 4) is 0 Å². The fourth-order valence-electron chi connectivity index (χ4n) is 1.54. The van der Waals surface area contributed by atoms with Gasteiger partial charge in [0.2, 0.25) is 0 Å². The van der Waals surface area contributed by atoms with Crippen LogP contribution >= 0.6 is 34.9 Å². The summed E-state index contributed by atoms with van der Waals surface area (Å²) in [4.78, 5) is 0. The Labute approximate surface area is 120 Å². The molecule has 1 unspecified atom stereocenters. The van der Waals surface area contributed by atoms with E-state index >= 15 is 0 Å². The van der Waals surface area contributed by atoms with Gasteiger partial charge in [-0.3, -0.25) is 0 Å². The van der Waals surface area contributed by atoms with Crippen LogP contribution in [-0.4, -0.2) is 28.8 Å². The molecule has 2 aromatic rings. The second kappa shape index (κ2) is 7.13. The van der Waals surface area contributed by atoms with E-state index in [1.165, 1.54) is 5.56 Å². The van der Waals surface area contributed by atoms with Gasteiger partial charge in [0, 0.05) is 11.7 Å². The van der Waals surface area contributed by atoms with Gasteiger partial charge in [-0.05, 0) is 18.4 Å². The van der Waals surface area contributed by atoms with E-state index in [-0.39, 0.29) is 0 Å². The summed E-state index contributed by atoms with van der Waals surface area (Å²) in [6, 6.07) is 10.4. The number of rotatable bonds is 6. The van der Waals surface area contributed by atoms with E-state index in [9.17, 15) is 0 Å². The quantitative estimate of drug-likeness (QED) is 0.830. The zero-order valence-electron chi connectivity index (χ0n) is 10.1. The van der Waals surface area contributed by atoms with Gasteiger partial charge in [-0.15, -0.1) is 10.2 Å². The SMILES string of the molecule is CSc1nnc(SCC(CN)c2ccccc2)s1. The number of nitrogens with two attached hydrogens (primary N) is 1. The van der Waals surface area contributed by atoms with E-state index in [1.807, 2.05) is 12.3 Å². The zero-order valence-corrected chi connectivity index (χ0v) is 12.5. The van der Waals surface area contributed by atoms with Crippen LogP contribution in [-0.2, 0) is 0 Å². The lowest BCUT2D eigenvalue weighted by atomic mass is 10.0. The van der Waals surface area contributed by atoms with E-state index < -0.39 is 0 Å². The fraction of sp³-hybridized carbons (Fsp3) is 0.333. The molecule has 1 aromatic heterocycles. The predicted octanol–water partition coefficient (Wildman–Crippen LogP) is 3.09. The van der Waals surface area contributed by atoms with Gasteiger partial charge in [-0.25, -0.2) is 0 Å². The Morgan fingerprint density at radius 1 is 1.22 bits per heavy atom. The Morgan fingerprint density at radius 3 is 2.56 bits per heavy atom. The normalized spacial score (nSPS) is 12.6. The molecule has 0 radical (unpaired) electrons. The maximum absolute atomic E-state index is 5.85. The number of hydrogen-bond donors (Lipinski definition) is 1. The Bertz CT molecular complexity index is 472. The largest absolute Gasteiger partial charge is 0.330 e. The first kappa shape index (κ1) is 13.9. The molecule has 96 valence electrons. The molecule has 2 N–H and O–H groups in total. The molecule has 2 rings (SSSR count). The number of nitrogens with zero attached hydrogens (tertiary/aromatic N) is 2. The van der Waals surface area contributed by atoms with Crippen molar-refractivity contribution in [3.63, 3.8) is 0 Å². The highest BCUT2D eigenvalue weighted by Crippen LogP contribution is 2.30. The van der Waals surface area contributed by atoms with Crippen LogP contribution in [0.1, 0.15) is 11.5 Å². The Hall–Kier alpha value is -0.560. The molecule has 0 aliphatic heterocycles. The molecule has 0 bridgehead atoms. The monoisotopic (exact) mass is 297 g/mol. The molecule has 0 fully saturated rings. The Kier molecular flexibility index (Phi) is 5.49. The summed E-state index contributed by atoms with van der Waals surface area (Å²) < 4.78 is 2.04. The van der Waals surface area contributed by atoms with Crippen molar-refractivity contribution in [1.29, 1.82) is 0 Å². The first-order valence-electron chi connectivity index (χ1n) is 5.58. The average molecular weight is 297 g/mol. The third-order valence-electron chi connectivity index (χ3n) is 2.53. The number of hydrogen-bond acceptors (Lipinski definition) is 6. The zero-order chi connectivity index (χ0) is 12.8. The van der Waals surface area contributed by atoms with Crippen LogP contribution in [0.2, 0.25) is 0 Å². The molecule has 0 saturated carbocycles. The summed E-state index contributed by atoms with van der Waals surface area (Å²) in [6.07, 6.45) is 2.02. The number of benzene rings is 1. The predicted molar refractivity (Wildman–Crippen MR) is 80.7 cm³/mol. The molecule has 0 spiro atoms. The highest BCUT2D eigenvalue weighted by molar-refractivity contribution is 8.02. The van der Waals surface area contributed by atoms with Gasteiger partial charge in [0.1, 0.15) is 0 Å². The average Bonchev–Trinajstić information content (AvgIpc) is 2.89. The van der Waals surface area contributed by atoms with Crippen molar-refractivity contribution in [2.75, 3.05) is 18.6 Å². The lowest BCUT2D eigenvalue weighted by Gasteiger charge is -2.13. The second-order valence-corrected chi connectivity index (χ2v) is 6.99. The topological polar surface area (TPSA) is 51.8 Å². The highest BCUT2D eigenvalue weighted by Gasteiger charge is 2.12. The minimum atomic E-state index is 0.373. The van der Waals surface area contributed by atoms with Gasteiger partial charge in [-0.1, -0.05) is 65.2 Å². The summed E-state index contributed by atoms with van der Waals surface area (Å²) >= 11 is 5.01. The molecule has 0 aliphatic carbocycles. The summed E-state index contributed by atoms with van der Waals surface area (Å²) in [5.41, 5.74) is 7.14. The molecular formula is C12H15N3S3. The standard InChI is InChI=1S/C12H15N3S3/c1-16-11-14-15-12(18-11)17-8-10(7-13)9-5-3-2-4-6-9/h2-6,10H,7-8,13H2,1H3. The summed E-state index contributed by atoms with van der Waals surface area (Å²) in [6.45, 7) is 0.658. The van der Waals surface area contributed by atoms with Crippen molar-refractivity contribution < 1.29 is 0 Å². The van der Waals surface area contributed by atoms with Gasteiger partial charge in [0.15, 0.2) is 8.68 Å². The molecular weight excluding hydrogens is 282 g/mol. The van der Waals surface area contributed by atoms with Crippen LogP contribution in [0, 0.1) is 0 Å². The van der Waals surface area contributed by atoms with Gasteiger partial charge in [0.25, 0.3) is 0 Å². The smallest absolute Gasteiger partial charge is 0.175 e. The lowest BCUT2D eigenvalue weighted by Crippen LogP contribution is -2.14. The molecule has 18 heavy (non-hydrogen) atoms. The Morgan fingerprint density at radius 2 is 1.94 bits per heavy atom. The van der Waals surface area contributed by atoms with Crippen molar-refractivity contribution in [2.45, 2.75) is 14.6 Å². The van der Waals surface area contributed by atoms with E-state index in [2.05, 4.69) is 34.5 Å². The van der Waals surface area contributed by atoms with Gasteiger partial charge in [-0.2, -0.15) is 0 Å². The number of thioether (sulfide) groups is 2. The van der Waals surface area contributed by atoms with Gasteiger partial charge < -0.3 is 5.73 Å². The molecule has 3 nitrogen and oxygen atoms in total. The Balaban J connectivity index is 1.95. The van der Waals surface area contributed by atoms with Crippen LogP contribution in [0.25, 0.3) is 0 Å². The van der Waals surface area contributed by atoms with Crippen molar-refractivity contribution in [2.24, 2.45) is 5.73 Å². The van der Waals surface area contributed by atoms with E-state index in [0.717, 1.165) is 14.4 Å². The second-order valence-electron chi connectivity index (χ2n) is 3.69. The molecule has 1 atom stereocenters. The maximum Gasteiger partial charge on any atom is 0.175 e. The van der Waals surface area contributed by atoms with Crippen LogP contribution in [0.5, 0.6) is 0 Å². The van der Waals surface area contributed by atoms with E-state index in [0.29, 0.717) is 12.5 Å². The molecule has 0 aliphatic rings. The lowest BCUT2D eigenvalue weighted by molar-refractivity contribution is 0.784. The summed E-state index contributed by atoms with van der Waals surface area (Å²) in [5, 5.41) is 8.25. The highest BCUT2D eigenvalue weighted by atomic mass is 32.2. The third-order valence-corrected chi connectivity index (χ3v) is 5.72. The minimum absolute atomic E-state index is 0.373. The van der Waals surface area contributed by atoms with Crippen LogP contribution in [0.15, 0.2) is 39.0 Å². The van der Waals surface area contributed by atoms with Crippen LogP contribution in [0.4, 0.5) is 0 Å². The summed E-state index contributed by atoms with van der Waals surface area (Å²) in [5.74, 6) is 1.32. The maximum atomic E-state index is 5.85. The third kappa shape index (κ3) is 3.71. The minimum Gasteiger partial charge on any atom is -0.330 e. The first-order chi connectivity index (χ1) is 8.83. The number of aromatic nitrogens is 2. The van der Waals surface area contributed by atoms with Crippen LogP contribution in [0.3, 0.4) is 0 Å². The summed E-state index contributed by atoms with van der Waals surface area (Å²) in [7, 11) is 0. The molecule has 0 saturated heterocycles. The van der Waals surface area contributed by atoms with Crippen molar-refractivity contribution in [3.05, 3.63) is 35.9 Å². The van der Waals surface area contributed by atoms with E-state index in [1.54, 1.807) is 34.9 Å². The fourth-order valence-corrected chi connectivity index (χ4v) is 4.15. The van der Waals surface area contributed by atoms with Gasteiger partial charge >= 0.3 is 0 Å². The molecule has 0 amide bonds. The molecule has 1 heterocycles. The first-order valence-corrected chi connectivity index (χ1v) is 8.61. The van der Waals surface area contributed by atoms with Gasteiger partial charge in [0.05, 0.1) is 0 Å². The van der Waals surface area contributed by atoms with Crippen molar-refractivity contribution in [1.82, 2.24) is 10.2 Å².